The van der Waals surface area contributed by atoms with Gasteiger partial charge in [-0.25, -0.2) is 28.7 Å². The van der Waals surface area contributed by atoms with Crippen molar-refractivity contribution in [1.29, 1.82) is 0 Å². The summed E-state index contributed by atoms with van der Waals surface area (Å²) in [5.74, 6) is -2.36. The Labute approximate surface area is 179 Å². The molecule has 1 aliphatic carbocycles. The van der Waals surface area contributed by atoms with E-state index in [1.54, 1.807) is 0 Å². The minimum Gasteiger partial charge on any atom is -0.304 e. The summed E-state index contributed by atoms with van der Waals surface area (Å²) < 4.78 is 27.1. The highest BCUT2D eigenvalue weighted by atomic mass is 19.1. The Kier molecular flexibility index (Phi) is 7.78. The van der Waals surface area contributed by atoms with Gasteiger partial charge in [0, 0.05) is 19.2 Å². The number of hydrazine groups is 1. The molecule has 1 saturated heterocycles. The van der Waals surface area contributed by atoms with Gasteiger partial charge in [-0.3, -0.25) is 14.8 Å². The molecule has 1 aromatic carbocycles. The Bertz CT molecular complexity index is 804. The van der Waals surface area contributed by atoms with Crippen molar-refractivity contribution < 1.29 is 28.4 Å². The molecule has 31 heavy (non-hydrogen) atoms. The zero-order chi connectivity index (χ0) is 22.4. The molecule has 1 atom stereocenters. The molecule has 3 rings (SSSR count). The van der Waals surface area contributed by atoms with Crippen LogP contribution in [-0.2, 0) is 9.59 Å². The number of halogens is 2. The van der Waals surface area contributed by atoms with E-state index in [1.165, 1.54) is 10.0 Å². The average molecular weight is 438 g/mol. The van der Waals surface area contributed by atoms with Crippen molar-refractivity contribution in [1.82, 2.24) is 15.1 Å². The second-order valence-corrected chi connectivity index (χ2v) is 8.16. The highest BCUT2D eigenvalue weighted by Gasteiger charge is 2.35. The van der Waals surface area contributed by atoms with Crippen molar-refractivity contribution in [2.24, 2.45) is 11.8 Å². The number of carbonyl (C=O) groups is 3. The number of anilines is 1. The van der Waals surface area contributed by atoms with Crippen LogP contribution in [0.1, 0.15) is 44.9 Å². The van der Waals surface area contributed by atoms with E-state index in [1.807, 2.05) is 0 Å². The Morgan fingerprint density at radius 3 is 2.48 bits per heavy atom. The van der Waals surface area contributed by atoms with E-state index >= 15 is 0 Å². The second-order valence-electron chi connectivity index (χ2n) is 8.16. The van der Waals surface area contributed by atoms with Crippen LogP contribution in [0.2, 0.25) is 0 Å². The first kappa shape index (κ1) is 22.9. The number of rotatable bonds is 7. The normalized spacial score (nSPS) is 18.0. The maximum atomic E-state index is 14.0. The standard InChI is InChI=1S/C21H28F2N4O4/c22-17-7-8-19(18(23)12-17)24-21(30)27-10-4-3-9-26(27)20(29)16(13-25(31)14-28)11-15-5-1-2-6-15/h7-8,12,14-16,31H,1-6,9-11,13H2,(H,24,30)/t16-/m1/s1. The number of benzene rings is 1. The largest absolute Gasteiger partial charge is 0.340 e. The fourth-order valence-corrected chi connectivity index (χ4v) is 4.36. The quantitative estimate of drug-likeness (QED) is 0.388. The smallest absolute Gasteiger partial charge is 0.304 e. The molecule has 170 valence electrons. The van der Waals surface area contributed by atoms with Crippen LogP contribution in [0, 0.1) is 23.5 Å². The summed E-state index contributed by atoms with van der Waals surface area (Å²) in [5, 5.41) is 15.1. The van der Waals surface area contributed by atoms with Gasteiger partial charge in [0.1, 0.15) is 11.6 Å². The number of carbonyl (C=O) groups excluding carboxylic acids is 3. The summed E-state index contributed by atoms with van der Waals surface area (Å²) in [6.07, 6.45) is 6.28. The third kappa shape index (κ3) is 5.90. The fraction of sp³-hybridized carbons (Fsp3) is 0.571. The van der Waals surface area contributed by atoms with E-state index in [2.05, 4.69) is 5.32 Å². The number of nitrogens with one attached hydrogen (secondary N) is 1. The molecule has 8 nitrogen and oxygen atoms in total. The van der Waals surface area contributed by atoms with Crippen LogP contribution in [0.3, 0.4) is 0 Å². The van der Waals surface area contributed by atoms with Gasteiger partial charge in [0.25, 0.3) is 0 Å². The lowest BCUT2D eigenvalue weighted by atomic mass is 9.92. The highest BCUT2D eigenvalue weighted by Crippen LogP contribution is 2.32. The van der Waals surface area contributed by atoms with Crippen LogP contribution in [0.4, 0.5) is 19.3 Å². The van der Waals surface area contributed by atoms with Crippen LogP contribution < -0.4 is 5.32 Å². The van der Waals surface area contributed by atoms with Gasteiger partial charge in [0.2, 0.25) is 12.3 Å². The van der Waals surface area contributed by atoms with Crippen molar-refractivity contribution in [3.63, 3.8) is 0 Å². The van der Waals surface area contributed by atoms with Crippen LogP contribution in [0.5, 0.6) is 0 Å². The van der Waals surface area contributed by atoms with Gasteiger partial charge in [-0.05, 0) is 37.3 Å². The molecule has 0 bridgehead atoms. The number of hydrogen-bond donors (Lipinski definition) is 2. The third-order valence-corrected chi connectivity index (χ3v) is 5.91. The van der Waals surface area contributed by atoms with Gasteiger partial charge < -0.3 is 5.32 Å². The lowest BCUT2D eigenvalue weighted by Gasteiger charge is -2.40. The molecule has 0 radical (unpaired) electrons. The third-order valence-electron chi connectivity index (χ3n) is 5.91. The molecule has 0 spiro atoms. The zero-order valence-electron chi connectivity index (χ0n) is 17.3. The summed E-state index contributed by atoms with van der Waals surface area (Å²) >= 11 is 0. The molecule has 2 N–H and O–H groups in total. The lowest BCUT2D eigenvalue weighted by Crippen LogP contribution is -2.57. The van der Waals surface area contributed by atoms with E-state index in [0.29, 0.717) is 42.9 Å². The molecule has 2 aliphatic rings. The van der Waals surface area contributed by atoms with Gasteiger partial charge in [-0.15, -0.1) is 0 Å². The maximum Gasteiger partial charge on any atom is 0.340 e. The highest BCUT2D eigenvalue weighted by molar-refractivity contribution is 5.91. The molecular weight excluding hydrogens is 410 g/mol. The summed E-state index contributed by atoms with van der Waals surface area (Å²) in [5.41, 5.74) is -0.186. The molecule has 2 fully saturated rings. The number of nitrogens with zero attached hydrogens (tertiary/aromatic N) is 3. The molecule has 10 heteroatoms. The lowest BCUT2D eigenvalue weighted by molar-refractivity contribution is -0.164. The van der Waals surface area contributed by atoms with Crippen LogP contribution in [0.25, 0.3) is 0 Å². The summed E-state index contributed by atoms with van der Waals surface area (Å²) in [4.78, 5) is 37.1. The van der Waals surface area contributed by atoms with Crippen LogP contribution >= 0.6 is 0 Å². The summed E-state index contributed by atoms with van der Waals surface area (Å²) in [6.45, 7) is 0.399. The molecule has 1 aliphatic heterocycles. The summed E-state index contributed by atoms with van der Waals surface area (Å²) in [6, 6.07) is 2.12. The monoisotopic (exact) mass is 438 g/mol. The number of amides is 4. The molecule has 4 amide bonds. The Morgan fingerprint density at radius 2 is 1.84 bits per heavy atom. The van der Waals surface area contributed by atoms with E-state index in [9.17, 15) is 28.4 Å². The minimum atomic E-state index is -0.913. The van der Waals surface area contributed by atoms with Crippen molar-refractivity contribution in [2.45, 2.75) is 44.9 Å². The number of urea groups is 1. The average Bonchev–Trinajstić information content (AvgIpc) is 3.27. The Morgan fingerprint density at radius 1 is 1.16 bits per heavy atom. The summed E-state index contributed by atoms with van der Waals surface area (Å²) in [7, 11) is 0. The van der Waals surface area contributed by atoms with Crippen LogP contribution in [-0.4, -0.2) is 58.3 Å². The van der Waals surface area contributed by atoms with Gasteiger partial charge in [-0.1, -0.05) is 25.7 Å². The molecular formula is C21H28F2N4O4. The molecule has 1 saturated carbocycles. The van der Waals surface area contributed by atoms with Crippen molar-refractivity contribution in [3.8, 4) is 0 Å². The van der Waals surface area contributed by atoms with Crippen molar-refractivity contribution >= 4 is 24.0 Å². The Hall–Kier alpha value is -2.75. The van der Waals surface area contributed by atoms with Gasteiger partial charge in [-0.2, -0.15) is 0 Å². The van der Waals surface area contributed by atoms with Gasteiger partial charge >= 0.3 is 6.03 Å². The molecule has 0 unspecified atom stereocenters. The first-order valence-electron chi connectivity index (χ1n) is 10.6. The van der Waals surface area contributed by atoms with E-state index in [-0.39, 0.29) is 31.1 Å². The van der Waals surface area contributed by atoms with Gasteiger partial charge in [0.15, 0.2) is 0 Å². The maximum absolute atomic E-state index is 14.0. The van der Waals surface area contributed by atoms with Gasteiger partial charge in [0.05, 0.1) is 18.2 Å². The number of hydroxylamine groups is 2. The topological polar surface area (TPSA) is 93.2 Å². The first-order chi connectivity index (χ1) is 14.9. The second kappa shape index (κ2) is 10.5. The van der Waals surface area contributed by atoms with E-state index < -0.39 is 23.6 Å². The van der Waals surface area contributed by atoms with E-state index in [4.69, 9.17) is 0 Å². The fourth-order valence-electron chi connectivity index (χ4n) is 4.36. The molecule has 0 aromatic heterocycles. The minimum absolute atomic E-state index is 0.155. The van der Waals surface area contributed by atoms with Crippen molar-refractivity contribution in [3.05, 3.63) is 29.8 Å². The predicted octanol–water partition coefficient (Wildman–Crippen LogP) is 3.38. The molecule has 1 heterocycles. The predicted molar refractivity (Wildman–Crippen MR) is 108 cm³/mol. The SMILES string of the molecule is O=CN(O)C[C@@H](CC1CCCC1)C(=O)N1CCCCN1C(=O)Nc1ccc(F)cc1F. The van der Waals surface area contributed by atoms with Crippen LogP contribution in [0.15, 0.2) is 18.2 Å². The van der Waals surface area contributed by atoms with Crippen molar-refractivity contribution in [2.75, 3.05) is 25.0 Å². The number of hydrogen-bond acceptors (Lipinski definition) is 4. The first-order valence-corrected chi connectivity index (χ1v) is 10.6. The zero-order valence-corrected chi connectivity index (χ0v) is 17.3. The molecule has 1 aromatic rings. The Balaban J connectivity index is 1.74. The van der Waals surface area contributed by atoms with E-state index in [0.717, 1.165) is 37.8 Å².